The average molecular weight is 320 g/mol. The van der Waals surface area contributed by atoms with Crippen LogP contribution in [0.4, 0.5) is 0 Å². The molecule has 0 saturated carbocycles. The van der Waals surface area contributed by atoms with Gasteiger partial charge in [0.25, 0.3) is 0 Å². The molecule has 2 rings (SSSR count). The molecule has 0 aromatic heterocycles. The minimum absolute atomic E-state index is 0.0990. The molecule has 0 N–H and O–H groups in total. The largest absolute Gasteiger partial charge is 0.465 e. The summed E-state index contributed by atoms with van der Waals surface area (Å²) in [7, 11) is -2.80. The van der Waals surface area contributed by atoms with Gasteiger partial charge in [-0.3, -0.25) is 0 Å². The van der Waals surface area contributed by atoms with E-state index in [2.05, 4.69) is 4.74 Å². The van der Waals surface area contributed by atoms with Crippen molar-refractivity contribution < 1.29 is 22.1 Å². The molecule has 2 aromatic rings. The van der Waals surface area contributed by atoms with Crippen LogP contribution in [0.5, 0.6) is 5.75 Å². The predicted octanol–water partition coefficient (Wildman–Crippen LogP) is 2.86. The van der Waals surface area contributed by atoms with E-state index in [1.54, 1.807) is 26.0 Å². The van der Waals surface area contributed by atoms with E-state index in [0.717, 1.165) is 0 Å². The molecule has 0 aliphatic heterocycles. The molecule has 0 amide bonds. The SMILES string of the molecule is COC(=O)c1cccc(S(=O)(=O)Oc2c(C)cccc2C)c1. The lowest BCUT2D eigenvalue weighted by molar-refractivity contribution is 0.0600. The molecule has 5 nitrogen and oxygen atoms in total. The van der Waals surface area contributed by atoms with Crippen LogP contribution in [-0.2, 0) is 14.9 Å². The van der Waals surface area contributed by atoms with Crippen LogP contribution in [0.1, 0.15) is 21.5 Å². The fraction of sp³-hybridized carbons (Fsp3) is 0.188. The van der Waals surface area contributed by atoms with Gasteiger partial charge in [-0.15, -0.1) is 0 Å². The average Bonchev–Trinajstić information content (AvgIpc) is 2.50. The third-order valence-electron chi connectivity index (χ3n) is 3.15. The summed E-state index contributed by atoms with van der Waals surface area (Å²) >= 11 is 0. The Morgan fingerprint density at radius 1 is 1.00 bits per heavy atom. The summed E-state index contributed by atoms with van der Waals surface area (Å²) < 4.78 is 34.6. The van der Waals surface area contributed by atoms with Gasteiger partial charge in [0, 0.05) is 0 Å². The van der Waals surface area contributed by atoms with Crippen LogP contribution in [0.25, 0.3) is 0 Å². The summed E-state index contributed by atoms with van der Waals surface area (Å²) in [5.74, 6) is -0.310. The number of ether oxygens (including phenoxy) is 1. The maximum atomic E-state index is 12.4. The maximum absolute atomic E-state index is 12.4. The first-order valence-electron chi connectivity index (χ1n) is 6.54. The zero-order valence-corrected chi connectivity index (χ0v) is 13.3. The number of aryl methyl sites for hydroxylation is 2. The lowest BCUT2D eigenvalue weighted by atomic mass is 10.1. The smallest absolute Gasteiger partial charge is 0.339 e. The van der Waals surface area contributed by atoms with Crippen LogP contribution < -0.4 is 4.18 Å². The standard InChI is InChI=1S/C16H16O5S/c1-11-6-4-7-12(2)15(11)21-22(18,19)14-9-5-8-13(10-14)16(17)20-3/h4-10H,1-3H3. The molecular formula is C16H16O5S. The molecular weight excluding hydrogens is 304 g/mol. The second-order valence-electron chi connectivity index (χ2n) is 4.78. The van der Waals surface area contributed by atoms with Crippen molar-refractivity contribution in [3.63, 3.8) is 0 Å². The van der Waals surface area contributed by atoms with Gasteiger partial charge >= 0.3 is 16.1 Å². The summed E-state index contributed by atoms with van der Waals surface area (Å²) in [6.45, 7) is 3.53. The molecule has 6 heteroatoms. The Kier molecular flexibility index (Phi) is 4.51. The Hall–Kier alpha value is -2.34. The topological polar surface area (TPSA) is 69.7 Å². The van der Waals surface area contributed by atoms with Gasteiger partial charge in [-0.05, 0) is 43.2 Å². The number of para-hydroxylation sites is 1. The van der Waals surface area contributed by atoms with Crippen LogP contribution in [0, 0.1) is 13.8 Å². The first kappa shape index (κ1) is 16.0. The van der Waals surface area contributed by atoms with Crippen molar-refractivity contribution in [3.05, 3.63) is 59.2 Å². The highest BCUT2D eigenvalue weighted by atomic mass is 32.2. The van der Waals surface area contributed by atoms with E-state index in [0.29, 0.717) is 16.9 Å². The van der Waals surface area contributed by atoms with Crippen LogP contribution in [0.15, 0.2) is 47.4 Å². The van der Waals surface area contributed by atoms with Crippen molar-refractivity contribution in [2.75, 3.05) is 7.11 Å². The highest BCUT2D eigenvalue weighted by Gasteiger charge is 2.20. The van der Waals surface area contributed by atoms with Gasteiger partial charge in [-0.1, -0.05) is 24.3 Å². The van der Waals surface area contributed by atoms with E-state index in [4.69, 9.17) is 4.18 Å². The van der Waals surface area contributed by atoms with E-state index < -0.39 is 16.1 Å². The predicted molar refractivity (Wildman–Crippen MR) is 81.5 cm³/mol. The molecule has 0 spiro atoms. The first-order chi connectivity index (χ1) is 10.3. The quantitative estimate of drug-likeness (QED) is 0.640. The molecule has 0 aliphatic carbocycles. The molecule has 2 aromatic carbocycles. The number of methoxy groups -OCH3 is 1. The van der Waals surface area contributed by atoms with Gasteiger partial charge in [0.05, 0.1) is 12.7 Å². The number of esters is 1. The zero-order valence-electron chi connectivity index (χ0n) is 12.5. The molecule has 0 aliphatic rings. The molecule has 0 bridgehead atoms. The lowest BCUT2D eigenvalue weighted by Crippen LogP contribution is -2.12. The minimum atomic E-state index is -4.03. The van der Waals surface area contributed by atoms with E-state index in [-0.39, 0.29) is 10.5 Å². The Balaban J connectivity index is 2.41. The Labute approximate surface area is 129 Å². The van der Waals surface area contributed by atoms with Crippen LogP contribution in [0.2, 0.25) is 0 Å². The Morgan fingerprint density at radius 2 is 1.59 bits per heavy atom. The molecule has 22 heavy (non-hydrogen) atoms. The van der Waals surface area contributed by atoms with Crippen molar-refractivity contribution in [3.8, 4) is 5.75 Å². The number of carbonyl (C=O) groups excluding carboxylic acids is 1. The van der Waals surface area contributed by atoms with Gasteiger partial charge in [0.15, 0.2) is 0 Å². The zero-order chi connectivity index (χ0) is 16.3. The van der Waals surface area contributed by atoms with E-state index >= 15 is 0 Å². The fourth-order valence-corrected chi connectivity index (χ4v) is 3.08. The minimum Gasteiger partial charge on any atom is -0.465 e. The molecule has 0 radical (unpaired) electrons. The number of rotatable bonds is 4. The normalized spacial score (nSPS) is 11.0. The number of benzene rings is 2. The van der Waals surface area contributed by atoms with E-state index in [1.807, 2.05) is 6.07 Å². The molecule has 0 unspecified atom stereocenters. The van der Waals surface area contributed by atoms with Gasteiger partial charge < -0.3 is 8.92 Å². The lowest BCUT2D eigenvalue weighted by Gasteiger charge is -2.12. The molecule has 0 saturated heterocycles. The van der Waals surface area contributed by atoms with E-state index in [1.165, 1.54) is 31.4 Å². The third kappa shape index (κ3) is 3.28. The molecule has 0 heterocycles. The highest BCUT2D eigenvalue weighted by Crippen LogP contribution is 2.26. The Bertz CT molecular complexity index is 789. The third-order valence-corrected chi connectivity index (χ3v) is 4.36. The van der Waals surface area contributed by atoms with Crippen LogP contribution >= 0.6 is 0 Å². The Morgan fingerprint density at radius 3 is 2.18 bits per heavy atom. The second-order valence-corrected chi connectivity index (χ2v) is 6.32. The van der Waals surface area contributed by atoms with Gasteiger partial charge in [-0.2, -0.15) is 8.42 Å². The fourth-order valence-electron chi connectivity index (χ4n) is 1.98. The number of hydrogen-bond acceptors (Lipinski definition) is 5. The van der Waals surface area contributed by atoms with Crippen LogP contribution in [0.3, 0.4) is 0 Å². The van der Waals surface area contributed by atoms with Crippen LogP contribution in [-0.4, -0.2) is 21.5 Å². The first-order valence-corrected chi connectivity index (χ1v) is 7.95. The highest BCUT2D eigenvalue weighted by molar-refractivity contribution is 7.87. The molecule has 116 valence electrons. The van der Waals surface area contributed by atoms with Crippen molar-refractivity contribution in [2.24, 2.45) is 0 Å². The summed E-state index contributed by atoms with van der Waals surface area (Å²) in [4.78, 5) is 11.4. The van der Waals surface area contributed by atoms with Gasteiger partial charge in [0.2, 0.25) is 0 Å². The molecule has 0 atom stereocenters. The summed E-state index contributed by atoms with van der Waals surface area (Å²) in [5.41, 5.74) is 1.58. The van der Waals surface area contributed by atoms with Crippen molar-refractivity contribution >= 4 is 16.1 Å². The maximum Gasteiger partial charge on any atom is 0.339 e. The van der Waals surface area contributed by atoms with Crippen molar-refractivity contribution in [2.45, 2.75) is 18.7 Å². The number of hydrogen-bond donors (Lipinski definition) is 0. The van der Waals surface area contributed by atoms with Crippen molar-refractivity contribution in [1.82, 2.24) is 0 Å². The monoisotopic (exact) mass is 320 g/mol. The summed E-state index contributed by atoms with van der Waals surface area (Å²) in [6.07, 6.45) is 0. The second kappa shape index (κ2) is 6.19. The van der Waals surface area contributed by atoms with Gasteiger partial charge in [-0.25, -0.2) is 4.79 Å². The van der Waals surface area contributed by atoms with Crippen molar-refractivity contribution in [1.29, 1.82) is 0 Å². The summed E-state index contributed by atoms with van der Waals surface area (Å²) in [6, 6.07) is 10.9. The number of carbonyl (C=O) groups is 1. The van der Waals surface area contributed by atoms with E-state index in [9.17, 15) is 13.2 Å². The summed E-state index contributed by atoms with van der Waals surface area (Å²) in [5, 5.41) is 0. The van der Waals surface area contributed by atoms with Gasteiger partial charge in [0.1, 0.15) is 10.6 Å². The molecule has 0 fully saturated rings.